The van der Waals surface area contributed by atoms with Crippen LogP contribution in [0.2, 0.25) is 0 Å². The zero-order valence-electron chi connectivity index (χ0n) is 9.70. The van der Waals surface area contributed by atoms with E-state index in [-0.39, 0.29) is 5.91 Å². The Morgan fingerprint density at radius 2 is 2.25 bits per heavy atom. The molecule has 2 rings (SSSR count). The second kappa shape index (κ2) is 5.01. The van der Waals surface area contributed by atoms with Crippen LogP contribution in [0, 0.1) is 0 Å². The van der Waals surface area contributed by atoms with Crippen LogP contribution < -0.4 is 10.2 Å². The summed E-state index contributed by atoms with van der Waals surface area (Å²) in [6.07, 6.45) is 2.38. The molecule has 0 saturated carbocycles. The van der Waals surface area contributed by atoms with Crippen LogP contribution in [0.1, 0.15) is 18.9 Å². The molecule has 1 heterocycles. The van der Waals surface area contributed by atoms with Crippen LogP contribution in [0.4, 0.5) is 5.69 Å². The Bertz CT molecular complexity index is 376. The van der Waals surface area contributed by atoms with E-state index in [1.54, 1.807) is 6.92 Å². The summed E-state index contributed by atoms with van der Waals surface area (Å²) in [5.41, 5.74) is 2.76. The van der Waals surface area contributed by atoms with Gasteiger partial charge in [0.05, 0.1) is 0 Å². The molecule has 0 fully saturated rings. The van der Waals surface area contributed by atoms with Crippen molar-refractivity contribution < 1.29 is 4.79 Å². The molecule has 1 N–H and O–H groups in total. The highest BCUT2D eigenvalue weighted by Gasteiger charge is 2.15. The number of fused-ring (bicyclic) bond motifs is 1. The first-order chi connectivity index (χ1) is 7.77. The fourth-order valence-electron chi connectivity index (χ4n) is 2.21. The van der Waals surface area contributed by atoms with Gasteiger partial charge in [0.2, 0.25) is 5.91 Å². The van der Waals surface area contributed by atoms with Crippen LogP contribution in [0.15, 0.2) is 24.3 Å². The maximum atomic E-state index is 10.8. The number of carbonyl (C=O) groups excluding carboxylic acids is 1. The third-order valence-corrected chi connectivity index (χ3v) is 2.96. The number of rotatable bonds is 3. The van der Waals surface area contributed by atoms with Gasteiger partial charge < -0.3 is 10.2 Å². The maximum Gasteiger partial charge on any atom is 0.216 e. The van der Waals surface area contributed by atoms with Crippen LogP contribution in [0.5, 0.6) is 0 Å². The average Bonchev–Trinajstić information content (AvgIpc) is 2.29. The summed E-state index contributed by atoms with van der Waals surface area (Å²) < 4.78 is 0. The summed E-state index contributed by atoms with van der Waals surface area (Å²) in [5, 5.41) is 2.84. The van der Waals surface area contributed by atoms with Gasteiger partial charge in [0.1, 0.15) is 0 Å². The summed E-state index contributed by atoms with van der Waals surface area (Å²) in [7, 11) is 0. The molecule has 0 radical (unpaired) electrons. The first-order valence-corrected chi connectivity index (χ1v) is 5.84. The number of benzene rings is 1. The molecule has 0 unspecified atom stereocenters. The standard InChI is InChI=1S/C13H18N2O/c1-11(16)14-8-10-15-9-4-6-12-5-2-3-7-13(12)15/h2-3,5,7H,4,6,8-10H2,1H3,(H,14,16). The molecule has 0 aliphatic carbocycles. The number of hydrogen-bond donors (Lipinski definition) is 1. The molecular weight excluding hydrogens is 200 g/mol. The Morgan fingerprint density at radius 1 is 1.44 bits per heavy atom. The SMILES string of the molecule is CC(=O)NCCN1CCCc2ccccc21. The quantitative estimate of drug-likeness (QED) is 0.835. The van der Waals surface area contributed by atoms with Crippen molar-refractivity contribution in [3.05, 3.63) is 29.8 Å². The lowest BCUT2D eigenvalue weighted by Gasteiger charge is -2.31. The van der Waals surface area contributed by atoms with E-state index in [1.165, 1.54) is 24.1 Å². The number of amides is 1. The highest BCUT2D eigenvalue weighted by atomic mass is 16.1. The van der Waals surface area contributed by atoms with Gasteiger partial charge in [0.15, 0.2) is 0 Å². The monoisotopic (exact) mass is 218 g/mol. The largest absolute Gasteiger partial charge is 0.370 e. The van der Waals surface area contributed by atoms with Crippen LogP contribution in [0.3, 0.4) is 0 Å². The van der Waals surface area contributed by atoms with E-state index in [4.69, 9.17) is 0 Å². The minimum Gasteiger partial charge on any atom is -0.370 e. The van der Waals surface area contributed by atoms with E-state index in [1.807, 2.05) is 0 Å². The molecule has 1 aliphatic rings. The second-order valence-corrected chi connectivity index (χ2v) is 4.20. The summed E-state index contributed by atoms with van der Waals surface area (Å²) in [6.45, 7) is 4.28. The lowest BCUT2D eigenvalue weighted by atomic mass is 10.0. The molecule has 0 saturated heterocycles. The molecule has 1 amide bonds. The molecule has 0 aromatic heterocycles. The Kier molecular flexibility index (Phi) is 3.44. The molecule has 0 spiro atoms. The molecule has 16 heavy (non-hydrogen) atoms. The van der Waals surface area contributed by atoms with Crippen LogP contribution in [0.25, 0.3) is 0 Å². The van der Waals surface area contributed by atoms with E-state index in [9.17, 15) is 4.79 Å². The Labute approximate surface area is 96.5 Å². The van der Waals surface area contributed by atoms with Gasteiger partial charge in [-0.3, -0.25) is 4.79 Å². The molecular formula is C13H18N2O. The van der Waals surface area contributed by atoms with E-state index in [2.05, 4.69) is 34.5 Å². The van der Waals surface area contributed by atoms with Gasteiger partial charge in [0.25, 0.3) is 0 Å². The zero-order chi connectivity index (χ0) is 11.4. The van der Waals surface area contributed by atoms with Crippen molar-refractivity contribution >= 4 is 11.6 Å². The van der Waals surface area contributed by atoms with Gasteiger partial charge >= 0.3 is 0 Å². The summed E-state index contributed by atoms with van der Waals surface area (Å²) in [6, 6.07) is 8.54. The van der Waals surface area contributed by atoms with Gasteiger partial charge in [0, 0.05) is 32.2 Å². The molecule has 0 atom stereocenters. The smallest absolute Gasteiger partial charge is 0.216 e. The van der Waals surface area contributed by atoms with E-state index < -0.39 is 0 Å². The molecule has 1 aromatic carbocycles. The first kappa shape index (κ1) is 11.0. The van der Waals surface area contributed by atoms with Crippen molar-refractivity contribution in [1.29, 1.82) is 0 Å². The Hall–Kier alpha value is -1.51. The van der Waals surface area contributed by atoms with Crippen molar-refractivity contribution in [1.82, 2.24) is 5.32 Å². The fraction of sp³-hybridized carbons (Fsp3) is 0.462. The summed E-state index contributed by atoms with van der Waals surface area (Å²) in [4.78, 5) is 13.2. The third kappa shape index (κ3) is 2.54. The number of hydrogen-bond acceptors (Lipinski definition) is 2. The van der Waals surface area contributed by atoms with Gasteiger partial charge in [-0.2, -0.15) is 0 Å². The molecule has 1 aliphatic heterocycles. The van der Waals surface area contributed by atoms with Gasteiger partial charge in [-0.05, 0) is 24.5 Å². The summed E-state index contributed by atoms with van der Waals surface area (Å²) in [5.74, 6) is 0.0466. The molecule has 3 nitrogen and oxygen atoms in total. The lowest BCUT2D eigenvalue weighted by molar-refractivity contribution is -0.118. The summed E-state index contributed by atoms with van der Waals surface area (Å²) >= 11 is 0. The molecule has 0 bridgehead atoms. The minimum absolute atomic E-state index is 0.0466. The van der Waals surface area contributed by atoms with E-state index in [0.717, 1.165) is 19.6 Å². The van der Waals surface area contributed by atoms with E-state index >= 15 is 0 Å². The van der Waals surface area contributed by atoms with Crippen molar-refractivity contribution in [2.45, 2.75) is 19.8 Å². The number of aryl methyl sites for hydroxylation is 1. The van der Waals surface area contributed by atoms with Crippen LogP contribution >= 0.6 is 0 Å². The predicted octanol–water partition coefficient (Wildman–Crippen LogP) is 1.58. The van der Waals surface area contributed by atoms with Gasteiger partial charge in [-0.1, -0.05) is 18.2 Å². The lowest BCUT2D eigenvalue weighted by Crippen LogP contribution is -2.36. The number of nitrogens with zero attached hydrogens (tertiary/aromatic N) is 1. The van der Waals surface area contributed by atoms with Crippen LogP contribution in [-0.2, 0) is 11.2 Å². The number of nitrogens with one attached hydrogen (secondary N) is 1. The van der Waals surface area contributed by atoms with Gasteiger partial charge in [-0.25, -0.2) is 0 Å². The fourth-order valence-corrected chi connectivity index (χ4v) is 2.21. The molecule has 86 valence electrons. The third-order valence-electron chi connectivity index (χ3n) is 2.96. The number of anilines is 1. The van der Waals surface area contributed by atoms with E-state index in [0.29, 0.717) is 0 Å². The minimum atomic E-state index is 0.0466. The average molecular weight is 218 g/mol. The van der Waals surface area contributed by atoms with Gasteiger partial charge in [-0.15, -0.1) is 0 Å². The van der Waals surface area contributed by atoms with Crippen molar-refractivity contribution in [2.24, 2.45) is 0 Å². The van der Waals surface area contributed by atoms with Crippen molar-refractivity contribution in [2.75, 3.05) is 24.5 Å². The number of carbonyl (C=O) groups is 1. The normalized spacial score (nSPS) is 14.4. The Balaban J connectivity index is 1.99. The molecule has 1 aromatic rings. The zero-order valence-corrected chi connectivity index (χ0v) is 9.70. The highest BCUT2D eigenvalue weighted by Crippen LogP contribution is 2.25. The first-order valence-electron chi connectivity index (χ1n) is 5.84. The number of para-hydroxylation sites is 1. The topological polar surface area (TPSA) is 32.3 Å². The van der Waals surface area contributed by atoms with Crippen molar-refractivity contribution in [3.63, 3.8) is 0 Å². The Morgan fingerprint density at radius 3 is 3.06 bits per heavy atom. The second-order valence-electron chi connectivity index (χ2n) is 4.20. The van der Waals surface area contributed by atoms with Crippen LogP contribution in [-0.4, -0.2) is 25.5 Å². The molecule has 3 heteroatoms. The maximum absolute atomic E-state index is 10.8. The highest BCUT2D eigenvalue weighted by molar-refractivity contribution is 5.72. The van der Waals surface area contributed by atoms with Crippen molar-refractivity contribution in [3.8, 4) is 0 Å². The predicted molar refractivity (Wildman–Crippen MR) is 65.7 cm³/mol.